The van der Waals surface area contributed by atoms with Crippen molar-refractivity contribution in [2.24, 2.45) is 0 Å². The number of carbonyl (C=O) groups is 2. The smallest absolute Gasteiger partial charge is 0.320 e. The number of rotatable bonds is 6. The Morgan fingerprint density at radius 1 is 1.12 bits per heavy atom. The van der Waals surface area contributed by atoms with Crippen LogP contribution in [0.25, 0.3) is 0 Å². The molecule has 10 heteroatoms. The third kappa shape index (κ3) is 4.98. The highest BCUT2D eigenvalue weighted by Gasteiger charge is 2.31. The van der Waals surface area contributed by atoms with Crippen LogP contribution in [0.3, 0.4) is 0 Å². The van der Waals surface area contributed by atoms with E-state index in [1.54, 1.807) is 0 Å². The van der Waals surface area contributed by atoms with Gasteiger partial charge < -0.3 is 14.8 Å². The first-order chi connectivity index (χ1) is 15.3. The molecule has 0 aliphatic carbocycles. The van der Waals surface area contributed by atoms with Crippen molar-refractivity contribution in [3.63, 3.8) is 0 Å². The van der Waals surface area contributed by atoms with Crippen LogP contribution in [0.1, 0.15) is 12.5 Å². The van der Waals surface area contributed by atoms with E-state index in [2.05, 4.69) is 5.32 Å². The number of nitrogens with zero attached hydrogens (tertiary/aromatic N) is 1. The van der Waals surface area contributed by atoms with E-state index < -0.39 is 28.0 Å². The van der Waals surface area contributed by atoms with E-state index >= 15 is 0 Å². The summed E-state index contributed by atoms with van der Waals surface area (Å²) >= 11 is 1.44. The number of esters is 1. The molecule has 2 aliphatic rings. The number of anilines is 1. The Kier molecular flexibility index (Phi) is 6.85. The minimum Gasteiger partial charge on any atom is -0.452 e. The van der Waals surface area contributed by atoms with Crippen LogP contribution in [0.15, 0.2) is 58.3 Å². The van der Waals surface area contributed by atoms with Gasteiger partial charge in [-0.3, -0.25) is 9.59 Å². The predicted octanol–water partition coefficient (Wildman–Crippen LogP) is 2.29. The topological polar surface area (TPSA) is 102 Å². The first-order valence-electron chi connectivity index (χ1n) is 10.3. The number of sulfonamides is 1. The van der Waals surface area contributed by atoms with Gasteiger partial charge in [-0.15, -0.1) is 11.8 Å². The van der Waals surface area contributed by atoms with Gasteiger partial charge in [-0.2, -0.15) is 4.31 Å². The van der Waals surface area contributed by atoms with E-state index in [9.17, 15) is 18.0 Å². The van der Waals surface area contributed by atoms with Crippen LogP contribution in [-0.2, 0) is 35.5 Å². The van der Waals surface area contributed by atoms with E-state index in [1.807, 2.05) is 24.3 Å². The van der Waals surface area contributed by atoms with Gasteiger partial charge in [0.15, 0.2) is 6.10 Å². The van der Waals surface area contributed by atoms with Crippen molar-refractivity contribution in [1.82, 2.24) is 4.31 Å². The van der Waals surface area contributed by atoms with E-state index in [1.165, 1.54) is 47.3 Å². The van der Waals surface area contributed by atoms with Crippen LogP contribution in [0.5, 0.6) is 0 Å². The fourth-order valence-corrected chi connectivity index (χ4v) is 6.10. The van der Waals surface area contributed by atoms with Crippen molar-refractivity contribution >= 4 is 39.3 Å². The molecule has 0 spiro atoms. The molecular weight excluding hydrogens is 452 g/mol. The number of fused-ring (bicyclic) bond motifs is 1. The second kappa shape index (κ2) is 9.62. The number of morpholine rings is 1. The molecule has 1 N–H and O–H groups in total. The second-order valence-electron chi connectivity index (χ2n) is 7.53. The van der Waals surface area contributed by atoms with E-state index in [-0.39, 0.29) is 10.1 Å². The summed E-state index contributed by atoms with van der Waals surface area (Å²) in [5, 5.41) is 2.29. The number of ether oxygens (including phenoxy) is 2. The Morgan fingerprint density at radius 2 is 1.81 bits per heavy atom. The number of hydrogen-bond acceptors (Lipinski definition) is 7. The number of benzene rings is 2. The van der Waals surface area contributed by atoms with Crippen molar-refractivity contribution in [2.75, 3.05) is 31.6 Å². The lowest BCUT2D eigenvalue weighted by Gasteiger charge is -2.26. The zero-order chi connectivity index (χ0) is 22.7. The quantitative estimate of drug-likeness (QED) is 0.638. The van der Waals surface area contributed by atoms with Gasteiger partial charge in [-0.1, -0.05) is 18.2 Å². The van der Waals surface area contributed by atoms with Crippen molar-refractivity contribution < 1.29 is 27.5 Å². The first-order valence-corrected chi connectivity index (χ1v) is 12.6. The maximum atomic E-state index is 12.7. The summed E-state index contributed by atoms with van der Waals surface area (Å²) in [6.07, 6.45) is -0.406. The summed E-state index contributed by atoms with van der Waals surface area (Å²) in [5.74, 6) is -0.913. The monoisotopic (exact) mass is 476 g/mol. The van der Waals surface area contributed by atoms with Gasteiger partial charge in [0, 0.05) is 23.7 Å². The predicted molar refractivity (Wildman–Crippen MR) is 120 cm³/mol. The van der Waals surface area contributed by atoms with E-state index in [4.69, 9.17) is 9.47 Å². The Labute approximate surface area is 191 Å². The summed E-state index contributed by atoms with van der Waals surface area (Å²) < 4.78 is 37.3. The van der Waals surface area contributed by atoms with Gasteiger partial charge in [-0.25, -0.2) is 8.42 Å². The summed E-state index contributed by atoms with van der Waals surface area (Å²) in [4.78, 5) is 26.2. The largest absolute Gasteiger partial charge is 0.452 e. The van der Waals surface area contributed by atoms with Gasteiger partial charge in [0.2, 0.25) is 10.0 Å². The second-order valence-corrected chi connectivity index (χ2v) is 10.7. The normalized spacial score (nSPS) is 19.7. The summed E-state index contributed by atoms with van der Waals surface area (Å²) in [5.41, 5.74) is 1.52. The molecule has 2 atom stereocenters. The molecule has 1 amide bonds. The number of nitrogens with one attached hydrogen (secondary N) is 1. The minimum absolute atomic E-state index is 0.148. The molecule has 0 bridgehead atoms. The number of carbonyl (C=O) groups excluding carboxylic acids is 2. The van der Waals surface area contributed by atoms with Crippen LogP contribution < -0.4 is 5.32 Å². The van der Waals surface area contributed by atoms with E-state index in [0.717, 1.165) is 10.5 Å². The molecule has 2 aliphatic heterocycles. The molecule has 4 rings (SSSR count). The van der Waals surface area contributed by atoms with Crippen molar-refractivity contribution in [3.05, 3.63) is 54.1 Å². The van der Waals surface area contributed by atoms with Crippen LogP contribution in [0, 0.1) is 0 Å². The molecule has 0 aromatic heterocycles. The molecular formula is C22H24N2O6S2. The molecule has 1 saturated heterocycles. The lowest BCUT2D eigenvalue weighted by Crippen LogP contribution is -2.40. The van der Waals surface area contributed by atoms with Gasteiger partial charge in [-0.05, 0) is 49.2 Å². The van der Waals surface area contributed by atoms with Gasteiger partial charge in [0.25, 0.3) is 5.91 Å². The lowest BCUT2D eigenvalue weighted by atomic mass is 10.1. The van der Waals surface area contributed by atoms with Crippen LogP contribution in [0.2, 0.25) is 0 Å². The zero-order valence-corrected chi connectivity index (χ0v) is 19.2. The zero-order valence-electron chi connectivity index (χ0n) is 17.5. The summed E-state index contributed by atoms with van der Waals surface area (Å²) in [6.45, 7) is 2.88. The average Bonchev–Trinajstić information content (AvgIpc) is 3.24. The fraction of sp³-hybridized carbons (Fsp3) is 0.364. The SMILES string of the molecule is CC(OC(=O)C1Cc2ccccc2S1)C(=O)Nc1ccc(S(=O)(=O)N2CCOCC2)cc1. The molecule has 2 aromatic carbocycles. The van der Waals surface area contributed by atoms with Crippen molar-refractivity contribution in [2.45, 2.75) is 34.5 Å². The van der Waals surface area contributed by atoms with E-state index in [0.29, 0.717) is 38.4 Å². The Hall–Kier alpha value is -2.40. The number of amides is 1. The Balaban J connectivity index is 1.32. The molecule has 2 unspecified atom stereocenters. The Morgan fingerprint density at radius 3 is 2.50 bits per heavy atom. The van der Waals surface area contributed by atoms with Crippen molar-refractivity contribution in [1.29, 1.82) is 0 Å². The molecule has 170 valence electrons. The van der Waals surface area contributed by atoms with Crippen LogP contribution in [-0.4, -0.2) is 62.3 Å². The maximum Gasteiger partial charge on any atom is 0.320 e. The van der Waals surface area contributed by atoms with Gasteiger partial charge in [0.1, 0.15) is 5.25 Å². The standard InChI is InChI=1S/C22H24N2O6S2/c1-15(30-22(26)20-14-16-4-2-3-5-19(16)31-20)21(25)23-17-6-8-18(9-7-17)32(27,28)24-10-12-29-13-11-24/h2-9,15,20H,10-14H2,1H3,(H,23,25). The van der Waals surface area contributed by atoms with Crippen molar-refractivity contribution in [3.8, 4) is 0 Å². The van der Waals surface area contributed by atoms with Crippen LogP contribution >= 0.6 is 11.8 Å². The third-order valence-corrected chi connectivity index (χ3v) is 8.51. The highest BCUT2D eigenvalue weighted by Crippen LogP contribution is 2.37. The highest BCUT2D eigenvalue weighted by molar-refractivity contribution is 8.01. The van der Waals surface area contributed by atoms with Gasteiger partial charge in [0.05, 0.1) is 18.1 Å². The highest BCUT2D eigenvalue weighted by atomic mass is 32.2. The Bertz CT molecular complexity index is 1070. The first kappa shape index (κ1) is 22.8. The fourth-order valence-electron chi connectivity index (χ4n) is 3.51. The average molecular weight is 477 g/mol. The summed E-state index contributed by atoms with van der Waals surface area (Å²) in [6, 6.07) is 13.7. The summed E-state index contributed by atoms with van der Waals surface area (Å²) in [7, 11) is -3.60. The van der Waals surface area contributed by atoms with Crippen LogP contribution in [0.4, 0.5) is 5.69 Å². The number of hydrogen-bond donors (Lipinski definition) is 1. The molecule has 2 aromatic rings. The molecule has 2 heterocycles. The molecule has 0 radical (unpaired) electrons. The molecule has 0 saturated carbocycles. The lowest BCUT2D eigenvalue weighted by molar-refractivity contribution is -0.152. The molecule has 32 heavy (non-hydrogen) atoms. The molecule has 1 fully saturated rings. The molecule has 8 nitrogen and oxygen atoms in total. The number of thioether (sulfide) groups is 1. The minimum atomic E-state index is -3.60. The third-order valence-electron chi connectivity index (χ3n) is 5.30. The maximum absolute atomic E-state index is 12.7. The van der Waals surface area contributed by atoms with Gasteiger partial charge >= 0.3 is 5.97 Å².